The van der Waals surface area contributed by atoms with Crippen LogP contribution in [0, 0.1) is 5.82 Å². The molecule has 2 heterocycles. The highest BCUT2D eigenvalue weighted by Crippen LogP contribution is 2.38. The van der Waals surface area contributed by atoms with E-state index in [0.717, 1.165) is 17.0 Å². The summed E-state index contributed by atoms with van der Waals surface area (Å²) in [4.78, 5) is 12.6. The molecule has 0 aliphatic carbocycles. The Morgan fingerprint density at radius 3 is 2.79 bits per heavy atom. The number of para-hydroxylation sites is 2. The Morgan fingerprint density at radius 2 is 1.96 bits per heavy atom. The second-order valence-electron chi connectivity index (χ2n) is 5.52. The third-order valence-corrected chi connectivity index (χ3v) is 4.00. The van der Waals surface area contributed by atoms with Gasteiger partial charge in [0.2, 0.25) is 0 Å². The number of anilines is 1. The maximum atomic E-state index is 13.7. The smallest absolute Gasteiger partial charge is 0.276 e. The molecule has 1 aliphatic heterocycles. The van der Waals surface area contributed by atoms with Crippen LogP contribution in [0.4, 0.5) is 10.1 Å². The van der Waals surface area contributed by atoms with Crippen LogP contribution in [0.25, 0.3) is 11.3 Å². The summed E-state index contributed by atoms with van der Waals surface area (Å²) in [6.07, 6.45) is 0. The molecule has 1 aromatic heterocycles. The summed E-state index contributed by atoms with van der Waals surface area (Å²) in [7, 11) is 1.78. The summed E-state index contributed by atoms with van der Waals surface area (Å²) in [6, 6.07) is 13.6. The normalized spacial score (nSPS) is 12.1. The molecular weight excluding hydrogens is 309 g/mol. The number of benzene rings is 2. The number of nitrogens with one attached hydrogen (secondary N) is 1. The Labute approximate surface area is 137 Å². The summed E-state index contributed by atoms with van der Waals surface area (Å²) in [5.74, 6) is -0.189. The van der Waals surface area contributed by atoms with Crippen molar-refractivity contribution in [2.75, 3.05) is 5.32 Å². The van der Waals surface area contributed by atoms with Gasteiger partial charge in [0.25, 0.3) is 5.91 Å². The largest absolute Gasteiger partial charge is 0.488 e. The minimum atomic E-state index is -0.489. The minimum Gasteiger partial charge on any atom is -0.488 e. The molecular formula is C18H14FN3O2. The Kier molecular flexibility index (Phi) is 3.30. The fraction of sp³-hybridized carbons (Fsp3) is 0.111. The van der Waals surface area contributed by atoms with Crippen LogP contribution in [0.5, 0.6) is 5.75 Å². The van der Waals surface area contributed by atoms with Crippen LogP contribution in [-0.2, 0) is 13.7 Å². The number of fused-ring (bicyclic) bond motifs is 3. The Hall–Kier alpha value is -3.15. The van der Waals surface area contributed by atoms with E-state index >= 15 is 0 Å². The van der Waals surface area contributed by atoms with Gasteiger partial charge in [-0.15, -0.1) is 0 Å². The summed E-state index contributed by atoms with van der Waals surface area (Å²) in [5, 5.41) is 6.89. The van der Waals surface area contributed by atoms with E-state index in [2.05, 4.69) is 10.4 Å². The molecule has 24 heavy (non-hydrogen) atoms. The first-order valence-electron chi connectivity index (χ1n) is 7.49. The molecule has 6 heteroatoms. The summed E-state index contributed by atoms with van der Waals surface area (Å²) in [6.45, 7) is 0.250. The number of amides is 1. The number of rotatable bonds is 2. The van der Waals surface area contributed by atoms with E-state index in [-0.39, 0.29) is 18.0 Å². The molecule has 0 unspecified atom stereocenters. The number of ether oxygens (including phenoxy) is 1. The predicted octanol–water partition coefficient (Wildman–Crippen LogP) is 3.37. The first-order valence-corrected chi connectivity index (χ1v) is 7.49. The lowest BCUT2D eigenvalue weighted by atomic mass is 10.0. The van der Waals surface area contributed by atoms with E-state index in [1.807, 2.05) is 24.3 Å². The van der Waals surface area contributed by atoms with Gasteiger partial charge in [0.05, 0.1) is 11.4 Å². The minimum absolute atomic E-state index is 0.124. The van der Waals surface area contributed by atoms with Gasteiger partial charge >= 0.3 is 0 Å². The number of hydrogen-bond donors (Lipinski definition) is 1. The van der Waals surface area contributed by atoms with Crippen LogP contribution in [0.15, 0.2) is 48.5 Å². The van der Waals surface area contributed by atoms with Crippen molar-refractivity contribution in [3.8, 4) is 17.0 Å². The molecule has 2 aromatic carbocycles. The zero-order valence-corrected chi connectivity index (χ0v) is 12.9. The van der Waals surface area contributed by atoms with Crippen molar-refractivity contribution in [3.63, 3.8) is 0 Å². The molecule has 0 saturated carbocycles. The first-order chi connectivity index (χ1) is 11.6. The highest BCUT2D eigenvalue weighted by Gasteiger charge is 2.28. The molecule has 1 amide bonds. The van der Waals surface area contributed by atoms with E-state index in [9.17, 15) is 9.18 Å². The van der Waals surface area contributed by atoms with Gasteiger partial charge in [-0.1, -0.05) is 24.3 Å². The van der Waals surface area contributed by atoms with Crippen LogP contribution < -0.4 is 10.1 Å². The Bertz CT molecular complexity index is 949. The van der Waals surface area contributed by atoms with Crippen molar-refractivity contribution in [3.05, 3.63) is 65.6 Å². The molecule has 0 saturated heterocycles. The van der Waals surface area contributed by atoms with E-state index in [4.69, 9.17) is 4.74 Å². The molecule has 3 aromatic rings. The number of nitrogens with zero attached hydrogens (tertiary/aromatic N) is 2. The molecule has 120 valence electrons. The third kappa shape index (κ3) is 2.23. The van der Waals surface area contributed by atoms with E-state index in [1.54, 1.807) is 23.9 Å². The van der Waals surface area contributed by atoms with Crippen molar-refractivity contribution in [1.82, 2.24) is 9.78 Å². The van der Waals surface area contributed by atoms with Gasteiger partial charge in [0.1, 0.15) is 18.2 Å². The number of hydrogen-bond acceptors (Lipinski definition) is 3. The molecule has 5 nitrogen and oxygen atoms in total. The van der Waals surface area contributed by atoms with Crippen LogP contribution in [0.1, 0.15) is 16.1 Å². The zero-order chi connectivity index (χ0) is 16.7. The number of halogens is 1. The van der Waals surface area contributed by atoms with Gasteiger partial charge in [-0.25, -0.2) is 4.39 Å². The van der Waals surface area contributed by atoms with Gasteiger partial charge in [-0.3, -0.25) is 9.48 Å². The number of carbonyl (C=O) groups is 1. The Balaban J connectivity index is 1.74. The maximum absolute atomic E-state index is 13.7. The lowest BCUT2D eigenvalue weighted by Crippen LogP contribution is -2.17. The standard InChI is InChI=1S/C18H14FN3O2/c1-22-17-11-6-2-5-9-15(11)24-10-12(17)16(21-22)18(23)20-14-8-4-3-7-13(14)19/h2-9H,10H2,1H3,(H,20,23). The molecule has 0 atom stereocenters. The average Bonchev–Trinajstić information content (AvgIpc) is 2.94. The summed E-state index contributed by atoms with van der Waals surface area (Å²) < 4.78 is 21.1. The summed E-state index contributed by atoms with van der Waals surface area (Å²) in [5.41, 5.74) is 2.79. The van der Waals surface area contributed by atoms with Gasteiger partial charge < -0.3 is 10.1 Å². The lowest BCUT2D eigenvalue weighted by Gasteiger charge is -2.18. The molecule has 0 spiro atoms. The monoisotopic (exact) mass is 323 g/mol. The average molecular weight is 323 g/mol. The van der Waals surface area contributed by atoms with Gasteiger partial charge in [-0.05, 0) is 24.3 Å². The molecule has 1 aliphatic rings. The van der Waals surface area contributed by atoms with Crippen LogP contribution in [-0.4, -0.2) is 15.7 Å². The molecule has 0 bridgehead atoms. The van der Waals surface area contributed by atoms with E-state index in [1.165, 1.54) is 12.1 Å². The maximum Gasteiger partial charge on any atom is 0.276 e. The van der Waals surface area contributed by atoms with E-state index in [0.29, 0.717) is 5.56 Å². The number of aryl methyl sites for hydroxylation is 1. The predicted molar refractivity (Wildman–Crippen MR) is 87.3 cm³/mol. The van der Waals surface area contributed by atoms with Crippen LogP contribution in [0.2, 0.25) is 0 Å². The third-order valence-electron chi connectivity index (χ3n) is 4.00. The zero-order valence-electron chi connectivity index (χ0n) is 12.9. The first kappa shape index (κ1) is 14.4. The number of carbonyl (C=O) groups excluding carboxylic acids is 1. The second-order valence-corrected chi connectivity index (χ2v) is 5.52. The SMILES string of the molecule is Cn1nc(C(=O)Nc2ccccc2F)c2c1-c1ccccc1OC2. The van der Waals surface area contributed by atoms with Crippen molar-refractivity contribution in [1.29, 1.82) is 0 Å². The van der Waals surface area contributed by atoms with Gasteiger partial charge in [0.15, 0.2) is 5.69 Å². The van der Waals surface area contributed by atoms with E-state index < -0.39 is 11.7 Å². The van der Waals surface area contributed by atoms with Crippen molar-refractivity contribution in [2.45, 2.75) is 6.61 Å². The fourth-order valence-corrected chi connectivity index (χ4v) is 2.91. The van der Waals surface area contributed by atoms with Crippen LogP contribution in [0.3, 0.4) is 0 Å². The topological polar surface area (TPSA) is 56.2 Å². The van der Waals surface area contributed by atoms with Crippen LogP contribution >= 0.6 is 0 Å². The second kappa shape index (κ2) is 5.49. The molecule has 4 rings (SSSR count). The van der Waals surface area contributed by atoms with Gasteiger partial charge in [0, 0.05) is 18.2 Å². The highest BCUT2D eigenvalue weighted by atomic mass is 19.1. The fourth-order valence-electron chi connectivity index (χ4n) is 2.91. The van der Waals surface area contributed by atoms with Gasteiger partial charge in [-0.2, -0.15) is 5.10 Å². The van der Waals surface area contributed by atoms with Crippen molar-refractivity contribution < 1.29 is 13.9 Å². The number of aromatic nitrogens is 2. The lowest BCUT2D eigenvalue weighted by molar-refractivity contribution is 0.101. The Morgan fingerprint density at radius 1 is 1.21 bits per heavy atom. The molecule has 1 N–H and O–H groups in total. The summed E-state index contributed by atoms with van der Waals surface area (Å²) >= 11 is 0. The molecule has 0 fully saturated rings. The molecule has 0 radical (unpaired) electrons. The quantitative estimate of drug-likeness (QED) is 0.786. The highest BCUT2D eigenvalue weighted by molar-refractivity contribution is 6.05. The van der Waals surface area contributed by atoms with Crippen molar-refractivity contribution in [2.24, 2.45) is 7.05 Å². The van der Waals surface area contributed by atoms with Crippen molar-refractivity contribution >= 4 is 11.6 Å².